The molecule has 0 fully saturated rings. The van der Waals surface area contributed by atoms with Gasteiger partial charge in [0.05, 0.1) is 12.2 Å². The largest absolute Gasteiger partial charge is 0.361 e. The Bertz CT molecular complexity index is 379. The van der Waals surface area contributed by atoms with Crippen molar-refractivity contribution in [3.05, 3.63) is 17.0 Å². The van der Waals surface area contributed by atoms with Crippen LogP contribution < -0.4 is 10.6 Å². The van der Waals surface area contributed by atoms with Crippen molar-refractivity contribution in [2.45, 2.75) is 47.2 Å². The number of aryl methyl sites for hydroxylation is 2. The number of carbonyl (C=O) groups is 1. The number of nitrogens with one attached hydrogen (secondary N) is 2. The predicted octanol–water partition coefficient (Wildman–Crippen LogP) is 1.54. The van der Waals surface area contributed by atoms with Gasteiger partial charge in [0.25, 0.3) is 0 Å². The summed E-state index contributed by atoms with van der Waals surface area (Å²) in [7, 11) is 0. The van der Waals surface area contributed by atoms with E-state index >= 15 is 0 Å². The fraction of sp³-hybridized carbons (Fsp3) is 0.692. The minimum absolute atomic E-state index is 0.0166. The Morgan fingerprint density at radius 1 is 1.33 bits per heavy atom. The molecule has 0 saturated heterocycles. The molecule has 1 amide bonds. The smallest absolute Gasteiger partial charge is 0.234 e. The summed E-state index contributed by atoms with van der Waals surface area (Å²) in [5.74, 6) is 1.26. The van der Waals surface area contributed by atoms with Crippen molar-refractivity contribution in [1.82, 2.24) is 15.8 Å². The fourth-order valence-corrected chi connectivity index (χ4v) is 1.53. The van der Waals surface area contributed by atoms with Crippen LogP contribution in [0.25, 0.3) is 0 Å². The van der Waals surface area contributed by atoms with Gasteiger partial charge in [-0.15, -0.1) is 0 Å². The fourth-order valence-electron chi connectivity index (χ4n) is 1.53. The van der Waals surface area contributed by atoms with E-state index in [4.69, 9.17) is 4.52 Å². The minimum Gasteiger partial charge on any atom is -0.361 e. The molecule has 0 aromatic carbocycles. The van der Waals surface area contributed by atoms with E-state index in [-0.39, 0.29) is 11.9 Å². The van der Waals surface area contributed by atoms with Crippen molar-refractivity contribution in [3.8, 4) is 0 Å². The van der Waals surface area contributed by atoms with E-state index in [0.29, 0.717) is 19.0 Å². The first-order chi connectivity index (χ1) is 8.41. The molecule has 102 valence electrons. The second kappa shape index (κ2) is 6.54. The first-order valence-electron chi connectivity index (χ1n) is 6.33. The summed E-state index contributed by atoms with van der Waals surface area (Å²) in [5.41, 5.74) is 1.90. The van der Waals surface area contributed by atoms with E-state index in [1.54, 1.807) is 0 Å². The monoisotopic (exact) mass is 253 g/mol. The van der Waals surface area contributed by atoms with Crippen LogP contribution in [0.2, 0.25) is 0 Å². The lowest BCUT2D eigenvalue weighted by Crippen LogP contribution is -2.41. The van der Waals surface area contributed by atoms with Crippen LogP contribution in [0.4, 0.5) is 0 Å². The Labute approximate surface area is 108 Å². The average Bonchev–Trinajstić information content (AvgIpc) is 2.60. The zero-order chi connectivity index (χ0) is 13.7. The van der Waals surface area contributed by atoms with Crippen LogP contribution in [0.15, 0.2) is 4.52 Å². The summed E-state index contributed by atoms with van der Waals surface area (Å²) in [6, 6.07) is 0.193. The Morgan fingerprint density at radius 3 is 2.50 bits per heavy atom. The molecule has 0 aliphatic heterocycles. The summed E-state index contributed by atoms with van der Waals surface area (Å²) in [6.45, 7) is 10.9. The molecule has 1 unspecified atom stereocenters. The zero-order valence-corrected chi connectivity index (χ0v) is 11.8. The second-order valence-corrected chi connectivity index (χ2v) is 5.01. The molecule has 1 aromatic heterocycles. The normalized spacial score (nSPS) is 12.8. The lowest BCUT2D eigenvalue weighted by molar-refractivity contribution is -0.121. The molecule has 0 bridgehead atoms. The van der Waals surface area contributed by atoms with E-state index in [1.165, 1.54) is 0 Å². The molecule has 0 saturated carbocycles. The Hall–Kier alpha value is -1.36. The van der Waals surface area contributed by atoms with Gasteiger partial charge in [-0.25, -0.2) is 0 Å². The number of hydrogen-bond donors (Lipinski definition) is 2. The molecular weight excluding hydrogens is 230 g/mol. The number of carbonyl (C=O) groups excluding carboxylic acids is 1. The van der Waals surface area contributed by atoms with Gasteiger partial charge in [0.2, 0.25) is 5.91 Å². The van der Waals surface area contributed by atoms with Gasteiger partial charge < -0.3 is 15.2 Å². The van der Waals surface area contributed by atoms with Gasteiger partial charge in [-0.1, -0.05) is 19.0 Å². The number of aromatic nitrogens is 1. The standard InChI is InChI=1S/C13H23N3O2/c1-8(2)9(3)15-13(17)7-14-6-12-10(4)16-18-11(12)5/h8-9,14H,6-7H2,1-5H3,(H,15,17). The van der Waals surface area contributed by atoms with Gasteiger partial charge in [-0.2, -0.15) is 0 Å². The Morgan fingerprint density at radius 2 is 2.00 bits per heavy atom. The summed E-state index contributed by atoms with van der Waals surface area (Å²) in [4.78, 5) is 11.6. The summed E-state index contributed by atoms with van der Waals surface area (Å²) in [6.07, 6.45) is 0. The topological polar surface area (TPSA) is 67.2 Å². The molecule has 0 spiro atoms. The van der Waals surface area contributed by atoms with E-state index in [2.05, 4.69) is 29.6 Å². The third-order valence-corrected chi connectivity index (χ3v) is 3.16. The Balaban J connectivity index is 2.32. The van der Waals surface area contributed by atoms with Gasteiger partial charge in [0, 0.05) is 18.2 Å². The molecule has 1 atom stereocenters. The highest BCUT2D eigenvalue weighted by Crippen LogP contribution is 2.11. The van der Waals surface area contributed by atoms with E-state index in [0.717, 1.165) is 17.0 Å². The molecule has 0 aliphatic carbocycles. The number of nitrogens with zero attached hydrogens (tertiary/aromatic N) is 1. The first-order valence-corrected chi connectivity index (χ1v) is 6.33. The summed E-state index contributed by atoms with van der Waals surface area (Å²) < 4.78 is 5.06. The number of rotatable bonds is 6. The molecule has 0 aliphatic rings. The molecule has 5 nitrogen and oxygen atoms in total. The van der Waals surface area contributed by atoms with Crippen LogP contribution in [-0.4, -0.2) is 23.7 Å². The van der Waals surface area contributed by atoms with Gasteiger partial charge in [-0.05, 0) is 26.7 Å². The van der Waals surface area contributed by atoms with Crippen LogP contribution in [-0.2, 0) is 11.3 Å². The predicted molar refractivity (Wildman–Crippen MR) is 70.1 cm³/mol. The molecule has 5 heteroatoms. The van der Waals surface area contributed by atoms with Crippen molar-refractivity contribution in [3.63, 3.8) is 0 Å². The van der Waals surface area contributed by atoms with Crippen molar-refractivity contribution in [2.24, 2.45) is 5.92 Å². The third-order valence-electron chi connectivity index (χ3n) is 3.16. The van der Waals surface area contributed by atoms with Crippen molar-refractivity contribution in [2.75, 3.05) is 6.54 Å². The molecule has 1 heterocycles. The number of hydrogen-bond acceptors (Lipinski definition) is 4. The van der Waals surface area contributed by atoms with Gasteiger partial charge in [0.1, 0.15) is 5.76 Å². The summed E-state index contributed by atoms with van der Waals surface area (Å²) >= 11 is 0. The third kappa shape index (κ3) is 4.14. The zero-order valence-electron chi connectivity index (χ0n) is 11.8. The summed E-state index contributed by atoms with van der Waals surface area (Å²) in [5, 5.41) is 9.92. The van der Waals surface area contributed by atoms with Crippen LogP contribution in [0.5, 0.6) is 0 Å². The SMILES string of the molecule is Cc1noc(C)c1CNCC(=O)NC(C)C(C)C. The lowest BCUT2D eigenvalue weighted by atomic mass is 10.1. The van der Waals surface area contributed by atoms with Crippen LogP contribution in [0.3, 0.4) is 0 Å². The van der Waals surface area contributed by atoms with Gasteiger partial charge in [0.15, 0.2) is 0 Å². The van der Waals surface area contributed by atoms with E-state index < -0.39 is 0 Å². The molecule has 0 radical (unpaired) electrons. The Kier molecular flexibility index (Phi) is 5.34. The number of amides is 1. The average molecular weight is 253 g/mol. The van der Waals surface area contributed by atoms with E-state index in [9.17, 15) is 4.79 Å². The van der Waals surface area contributed by atoms with E-state index in [1.807, 2.05) is 20.8 Å². The van der Waals surface area contributed by atoms with Crippen molar-refractivity contribution in [1.29, 1.82) is 0 Å². The van der Waals surface area contributed by atoms with Crippen LogP contribution >= 0.6 is 0 Å². The van der Waals surface area contributed by atoms with Crippen LogP contribution in [0, 0.1) is 19.8 Å². The highest BCUT2D eigenvalue weighted by molar-refractivity contribution is 5.78. The minimum atomic E-state index is 0.0166. The van der Waals surface area contributed by atoms with Crippen molar-refractivity contribution >= 4 is 5.91 Å². The highest BCUT2D eigenvalue weighted by Gasteiger charge is 2.12. The quantitative estimate of drug-likeness (QED) is 0.807. The second-order valence-electron chi connectivity index (χ2n) is 5.01. The van der Waals surface area contributed by atoms with Crippen molar-refractivity contribution < 1.29 is 9.32 Å². The van der Waals surface area contributed by atoms with Gasteiger partial charge >= 0.3 is 0 Å². The lowest BCUT2D eigenvalue weighted by Gasteiger charge is -2.17. The highest BCUT2D eigenvalue weighted by atomic mass is 16.5. The molecule has 1 aromatic rings. The van der Waals surface area contributed by atoms with Gasteiger partial charge in [-0.3, -0.25) is 4.79 Å². The molecular formula is C13H23N3O2. The molecule has 18 heavy (non-hydrogen) atoms. The molecule has 1 rings (SSSR count). The maximum absolute atomic E-state index is 11.6. The maximum Gasteiger partial charge on any atom is 0.234 e. The maximum atomic E-state index is 11.6. The molecule has 2 N–H and O–H groups in total. The first kappa shape index (κ1) is 14.7. The van der Waals surface area contributed by atoms with Crippen LogP contribution in [0.1, 0.15) is 37.8 Å².